The van der Waals surface area contributed by atoms with Crippen molar-refractivity contribution in [2.24, 2.45) is 0 Å². The summed E-state index contributed by atoms with van der Waals surface area (Å²) in [6.07, 6.45) is 3.03. The molecule has 0 saturated carbocycles. The lowest BCUT2D eigenvalue weighted by atomic mass is 9.73. The number of benzene rings is 2. The summed E-state index contributed by atoms with van der Waals surface area (Å²) in [5.74, 6) is 0.627. The van der Waals surface area contributed by atoms with Crippen molar-refractivity contribution in [2.75, 3.05) is 13.1 Å². The third-order valence-corrected chi connectivity index (χ3v) is 5.19. The maximum atomic E-state index is 12.8. The number of phenolic OH excluding ortho intramolecular Hbond substituents is 2. The van der Waals surface area contributed by atoms with Crippen LogP contribution in [0.1, 0.15) is 57.6 Å². The molecule has 146 valence electrons. The molecule has 2 aromatic carbocycles. The molecule has 0 bridgehead atoms. The number of rotatable bonds is 9. The molecular weight excluding hydrogens is 338 g/mol. The van der Waals surface area contributed by atoms with Crippen LogP contribution in [0.25, 0.3) is 0 Å². The summed E-state index contributed by atoms with van der Waals surface area (Å²) in [6.45, 7) is 7.88. The number of amides is 1. The van der Waals surface area contributed by atoms with Gasteiger partial charge < -0.3 is 15.1 Å². The summed E-state index contributed by atoms with van der Waals surface area (Å²) in [5.41, 5.74) is 1.69. The van der Waals surface area contributed by atoms with Gasteiger partial charge in [-0.05, 0) is 54.7 Å². The first-order valence-corrected chi connectivity index (χ1v) is 9.77. The molecule has 0 aliphatic carbocycles. The third-order valence-electron chi connectivity index (χ3n) is 5.19. The summed E-state index contributed by atoms with van der Waals surface area (Å²) in [5, 5.41) is 19.3. The smallest absolute Gasteiger partial charge is 0.222 e. The van der Waals surface area contributed by atoms with E-state index in [0.717, 1.165) is 37.1 Å². The van der Waals surface area contributed by atoms with Crippen LogP contribution in [0.2, 0.25) is 0 Å². The molecule has 0 aliphatic heterocycles. The largest absolute Gasteiger partial charge is 0.508 e. The highest BCUT2D eigenvalue weighted by Crippen LogP contribution is 2.38. The number of carbonyl (C=O) groups is 1. The van der Waals surface area contributed by atoms with Crippen LogP contribution >= 0.6 is 0 Å². The van der Waals surface area contributed by atoms with E-state index in [4.69, 9.17) is 0 Å². The highest BCUT2D eigenvalue weighted by Gasteiger charge is 2.30. The van der Waals surface area contributed by atoms with Gasteiger partial charge >= 0.3 is 0 Å². The minimum atomic E-state index is -0.388. The highest BCUT2D eigenvalue weighted by atomic mass is 16.3. The van der Waals surface area contributed by atoms with Crippen molar-refractivity contribution in [3.8, 4) is 11.5 Å². The van der Waals surface area contributed by atoms with Gasteiger partial charge in [0.05, 0.1) is 0 Å². The minimum absolute atomic E-state index is 0.183. The van der Waals surface area contributed by atoms with Gasteiger partial charge in [0.2, 0.25) is 5.91 Å². The molecule has 0 saturated heterocycles. The first-order chi connectivity index (χ1) is 12.9. The van der Waals surface area contributed by atoms with Crippen molar-refractivity contribution in [1.82, 2.24) is 4.90 Å². The molecule has 4 heteroatoms. The zero-order valence-corrected chi connectivity index (χ0v) is 16.6. The van der Waals surface area contributed by atoms with Crippen molar-refractivity contribution < 1.29 is 15.0 Å². The Hall–Kier alpha value is -2.49. The number of hydrogen-bond donors (Lipinski definition) is 2. The monoisotopic (exact) mass is 369 g/mol. The van der Waals surface area contributed by atoms with Gasteiger partial charge in [0.15, 0.2) is 0 Å². The first-order valence-electron chi connectivity index (χ1n) is 9.77. The quantitative estimate of drug-likeness (QED) is 0.665. The van der Waals surface area contributed by atoms with Crippen LogP contribution in [0.4, 0.5) is 0 Å². The molecule has 0 radical (unpaired) electrons. The van der Waals surface area contributed by atoms with Crippen molar-refractivity contribution >= 4 is 5.91 Å². The van der Waals surface area contributed by atoms with Gasteiger partial charge in [-0.1, -0.05) is 45.0 Å². The van der Waals surface area contributed by atoms with E-state index < -0.39 is 0 Å². The Morgan fingerprint density at radius 1 is 0.852 bits per heavy atom. The molecule has 2 N–H and O–H groups in total. The normalized spacial score (nSPS) is 11.4. The summed E-state index contributed by atoms with van der Waals surface area (Å²) in [4.78, 5) is 14.7. The summed E-state index contributed by atoms with van der Waals surface area (Å²) in [7, 11) is 0. The summed E-state index contributed by atoms with van der Waals surface area (Å²) >= 11 is 0. The Bertz CT molecular complexity index is 671. The predicted molar refractivity (Wildman–Crippen MR) is 109 cm³/mol. The first kappa shape index (κ1) is 20.8. The Labute approximate surface area is 162 Å². The Kier molecular flexibility index (Phi) is 7.28. The van der Waals surface area contributed by atoms with Gasteiger partial charge in [0.1, 0.15) is 11.5 Å². The maximum Gasteiger partial charge on any atom is 0.222 e. The van der Waals surface area contributed by atoms with E-state index in [1.807, 2.05) is 29.2 Å². The number of hydrogen-bond acceptors (Lipinski definition) is 3. The highest BCUT2D eigenvalue weighted by molar-refractivity contribution is 5.76. The molecule has 0 aliphatic rings. The molecule has 0 heterocycles. The van der Waals surface area contributed by atoms with Crippen molar-refractivity contribution in [2.45, 2.75) is 51.9 Å². The van der Waals surface area contributed by atoms with E-state index in [2.05, 4.69) is 20.8 Å². The molecule has 2 rings (SSSR count). The van der Waals surface area contributed by atoms with Crippen LogP contribution in [0.5, 0.6) is 11.5 Å². The lowest BCUT2D eigenvalue weighted by Gasteiger charge is -2.32. The molecule has 0 fully saturated rings. The Morgan fingerprint density at radius 3 is 1.63 bits per heavy atom. The zero-order valence-electron chi connectivity index (χ0n) is 16.6. The number of phenols is 2. The number of aromatic hydroxyl groups is 2. The minimum Gasteiger partial charge on any atom is -0.508 e. The predicted octanol–water partition coefficient (Wildman–Crippen LogP) is 4.83. The molecule has 0 aromatic heterocycles. The lowest BCUT2D eigenvalue weighted by molar-refractivity contribution is -0.131. The summed E-state index contributed by atoms with van der Waals surface area (Å²) < 4.78 is 0. The molecule has 1 amide bonds. The number of carbonyl (C=O) groups excluding carboxylic acids is 1. The van der Waals surface area contributed by atoms with Crippen molar-refractivity contribution in [3.63, 3.8) is 0 Å². The molecule has 4 nitrogen and oxygen atoms in total. The van der Waals surface area contributed by atoms with Gasteiger partial charge in [-0.25, -0.2) is 0 Å². The average Bonchev–Trinajstić information content (AvgIpc) is 2.66. The van der Waals surface area contributed by atoms with Crippen LogP contribution in [-0.2, 0) is 10.2 Å². The fourth-order valence-corrected chi connectivity index (χ4v) is 3.53. The van der Waals surface area contributed by atoms with E-state index in [1.54, 1.807) is 24.3 Å². The van der Waals surface area contributed by atoms with Gasteiger partial charge in [-0.15, -0.1) is 0 Å². The van der Waals surface area contributed by atoms with Crippen LogP contribution in [0.3, 0.4) is 0 Å². The zero-order chi connectivity index (χ0) is 19.9. The molecule has 0 atom stereocenters. The molecule has 0 spiro atoms. The molecule has 2 aromatic rings. The van der Waals surface area contributed by atoms with E-state index >= 15 is 0 Å². The molecular formula is C23H31NO3. The average molecular weight is 370 g/mol. The fraction of sp³-hybridized carbons (Fsp3) is 0.435. The molecule has 27 heavy (non-hydrogen) atoms. The van der Waals surface area contributed by atoms with E-state index in [1.165, 1.54) is 0 Å². The Balaban J connectivity index is 2.28. The van der Waals surface area contributed by atoms with E-state index in [0.29, 0.717) is 12.8 Å². The van der Waals surface area contributed by atoms with Gasteiger partial charge in [-0.2, -0.15) is 0 Å². The second-order valence-electron chi connectivity index (χ2n) is 7.31. The second kappa shape index (κ2) is 9.45. The van der Waals surface area contributed by atoms with Crippen LogP contribution < -0.4 is 0 Å². The van der Waals surface area contributed by atoms with Crippen LogP contribution in [0.15, 0.2) is 48.5 Å². The van der Waals surface area contributed by atoms with Crippen molar-refractivity contribution in [3.05, 3.63) is 59.7 Å². The topological polar surface area (TPSA) is 60.8 Å². The van der Waals surface area contributed by atoms with Gasteiger partial charge in [0.25, 0.3) is 0 Å². The fourth-order valence-electron chi connectivity index (χ4n) is 3.53. The lowest BCUT2D eigenvalue weighted by Crippen LogP contribution is -2.34. The number of nitrogens with zero attached hydrogens (tertiary/aromatic N) is 1. The van der Waals surface area contributed by atoms with Crippen LogP contribution in [0, 0.1) is 0 Å². The standard InChI is InChI=1S/C23H31NO3/c1-4-16-24(17-5-2)22(27)14-15-23(3,18-6-10-20(25)11-7-18)19-8-12-21(26)13-9-19/h6-13,25-26H,4-5,14-17H2,1-3H3. The van der Waals surface area contributed by atoms with Gasteiger partial charge in [-0.3, -0.25) is 4.79 Å². The van der Waals surface area contributed by atoms with Crippen molar-refractivity contribution in [1.29, 1.82) is 0 Å². The second-order valence-corrected chi connectivity index (χ2v) is 7.31. The molecule has 0 unspecified atom stereocenters. The van der Waals surface area contributed by atoms with Crippen LogP contribution in [-0.4, -0.2) is 34.1 Å². The SMILES string of the molecule is CCCN(CCC)C(=O)CCC(C)(c1ccc(O)cc1)c1ccc(O)cc1. The summed E-state index contributed by atoms with van der Waals surface area (Å²) in [6, 6.07) is 14.3. The Morgan fingerprint density at radius 2 is 1.26 bits per heavy atom. The maximum absolute atomic E-state index is 12.8. The van der Waals surface area contributed by atoms with Gasteiger partial charge in [0, 0.05) is 24.9 Å². The third kappa shape index (κ3) is 5.25. The van der Waals surface area contributed by atoms with E-state index in [9.17, 15) is 15.0 Å². The van der Waals surface area contributed by atoms with E-state index in [-0.39, 0.29) is 22.8 Å².